The Balaban J connectivity index is 1.59. The van der Waals surface area contributed by atoms with Crippen molar-refractivity contribution in [3.8, 4) is 0 Å². The van der Waals surface area contributed by atoms with E-state index in [0.717, 1.165) is 37.4 Å². The number of nitrogens with zero attached hydrogens (tertiary/aromatic N) is 1. The summed E-state index contributed by atoms with van der Waals surface area (Å²) in [6, 6.07) is 3.05. The van der Waals surface area contributed by atoms with Crippen molar-refractivity contribution < 1.29 is 4.42 Å². The number of fused-ring (bicyclic) bond motifs is 1. The third kappa shape index (κ3) is 3.26. The first-order valence-corrected chi connectivity index (χ1v) is 8.38. The Morgan fingerprint density at radius 3 is 3.00 bits per heavy atom. The van der Waals surface area contributed by atoms with Crippen LogP contribution in [0.5, 0.6) is 0 Å². The van der Waals surface area contributed by atoms with Crippen LogP contribution in [0.2, 0.25) is 0 Å². The van der Waals surface area contributed by atoms with E-state index in [2.05, 4.69) is 23.2 Å². The van der Waals surface area contributed by atoms with Gasteiger partial charge in [-0.25, -0.2) is 0 Å². The van der Waals surface area contributed by atoms with Gasteiger partial charge in [0.1, 0.15) is 5.76 Å². The number of furan rings is 1. The van der Waals surface area contributed by atoms with Crippen molar-refractivity contribution in [3.05, 3.63) is 23.7 Å². The highest BCUT2D eigenvalue weighted by molar-refractivity contribution is 5.13. The van der Waals surface area contributed by atoms with Crippen molar-refractivity contribution in [2.45, 2.75) is 64.6 Å². The second-order valence-corrected chi connectivity index (χ2v) is 6.43. The second-order valence-electron chi connectivity index (χ2n) is 6.43. The van der Waals surface area contributed by atoms with Crippen LogP contribution in [0, 0.1) is 5.92 Å². The topological polar surface area (TPSA) is 28.4 Å². The Morgan fingerprint density at radius 1 is 1.25 bits per heavy atom. The van der Waals surface area contributed by atoms with E-state index in [-0.39, 0.29) is 0 Å². The molecule has 2 atom stereocenters. The number of likely N-dealkylation sites (tertiary alicyclic amines) is 1. The molecule has 3 rings (SSSR count). The van der Waals surface area contributed by atoms with E-state index in [1.165, 1.54) is 50.6 Å². The molecule has 2 aliphatic rings. The molecule has 1 aromatic heterocycles. The van der Waals surface area contributed by atoms with Crippen LogP contribution in [0.1, 0.15) is 56.8 Å². The fourth-order valence-corrected chi connectivity index (χ4v) is 4.00. The molecule has 0 bridgehead atoms. The predicted molar refractivity (Wildman–Crippen MR) is 81.5 cm³/mol. The maximum absolute atomic E-state index is 5.76. The van der Waals surface area contributed by atoms with Crippen LogP contribution < -0.4 is 5.32 Å². The zero-order valence-corrected chi connectivity index (χ0v) is 12.7. The zero-order valence-electron chi connectivity index (χ0n) is 12.7. The first-order chi connectivity index (χ1) is 9.86. The predicted octanol–water partition coefficient (Wildman–Crippen LogP) is 3.54. The van der Waals surface area contributed by atoms with Gasteiger partial charge in [0, 0.05) is 18.2 Å². The quantitative estimate of drug-likeness (QED) is 0.891. The van der Waals surface area contributed by atoms with Gasteiger partial charge in [0.25, 0.3) is 0 Å². The highest BCUT2D eigenvalue weighted by atomic mass is 16.3. The largest absolute Gasteiger partial charge is 0.468 e. The fourth-order valence-electron chi connectivity index (χ4n) is 4.00. The highest BCUT2D eigenvalue weighted by Crippen LogP contribution is 2.36. The summed E-state index contributed by atoms with van der Waals surface area (Å²) < 4.78 is 5.76. The van der Waals surface area contributed by atoms with Gasteiger partial charge in [-0.1, -0.05) is 19.8 Å². The lowest BCUT2D eigenvalue weighted by Gasteiger charge is -2.43. The summed E-state index contributed by atoms with van der Waals surface area (Å²) in [6.45, 7) is 6.33. The molecule has 1 N–H and O–H groups in total. The molecule has 1 saturated heterocycles. The van der Waals surface area contributed by atoms with E-state index < -0.39 is 0 Å². The maximum atomic E-state index is 5.76. The number of hydrogen-bond donors (Lipinski definition) is 1. The van der Waals surface area contributed by atoms with Crippen LogP contribution in [0.3, 0.4) is 0 Å². The average Bonchev–Trinajstić information content (AvgIpc) is 2.93. The van der Waals surface area contributed by atoms with Crippen LogP contribution in [0.4, 0.5) is 0 Å². The molecule has 1 aliphatic heterocycles. The standard InChI is InChI=1S/C17H28N2O/c1-2-18-11-14-10-16(20-13-14)12-19-9-5-7-15-6-3-4-8-17(15)19/h10,13,15,17-18H,2-9,11-12H2,1H3. The average molecular weight is 276 g/mol. The minimum absolute atomic E-state index is 0.819. The third-order valence-corrected chi connectivity index (χ3v) is 5.00. The van der Waals surface area contributed by atoms with E-state index in [9.17, 15) is 0 Å². The normalized spacial score (nSPS) is 27.4. The van der Waals surface area contributed by atoms with Crippen LogP contribution in [-0.4, -0.2) is 24.0 Å². The van der Waals surface area contributed by atoms with Gasteiger partial charge in [0.05, 0.1) is 12.8 Å². The summed E-state index contributed by atoms with van der Waals surface area (Å²) in [4.78, 5) is 2.68. The fraction of sp³-hybridized carbons (Fsp3) is 0.765. The molecule has 0 amide bonds. The van der Waals surface area contributed by atoms with E-state index in [1.807, 2.05) is 6.26 Å². The van der Waals surface area contributed by atoms with Crippen molar-refractivity contribution in [2.75, 3.05) is 13.1 Å². The smallest absolute Gasteiger partial charge is 0.118 e. The SMILES string of the molecule is CCNCc1coc(CN2CCCC3CCCCC32)c1. The van der Waals surface area contributed by atoms with Gasteiger partial charge in [-0.2, -0.15) is 0 Å². The molecule has 112 valence electrons. The van der Waals surface area contributed by atoms with E-state index in [1.54, 1.807) is 0 Å². The first kappa shape index (κ1) is 14.2. The molecule has 1 saturated carbocycles. The Labute approximate surface area is 122 Å². The number of hydrogen-bond acceptors (Lipinski definition) is 3. The van der Waals surface area contributed by atoms with Gasteiger partial charge in [0.15, 0.2) is 0 Å². The molecule has 20 heavy (non-hydrogen) atoms. The molecular weight excluding hydrogens is 248 g/mol. The molecule has 1 aromatic rings. The first-order valence-electron chi connectivity index (χ1n) is 8.38. The summed E-state index contributed by atoms with van der Waals surface area (Å²) in [5, 5.41) is 3.35. The lowest BCUT2D eigenvalue weighted by atomic mass is 9.78. The minimum Gasteiger partial charge on any atom is -0.468 e. The molecule has 0 aromatic carbocycles. The monoisotopic (exact) mass is 276 g/mol. The second kappa shape index (κ2) is 6.77. The van der Waals surface area contributed by atoms with E-state index in [0.29, 0.717) is 0 Å². The van der Waals surface area contributed by atoms with E-state index in [4.69, 9.17) is 4.42 Å². The lowest BCUT2D eigenvalue weighted by Crippen LogP contribution is -2.46. The molecule has 2 heterocycles. The summed E-state index contributed by atoms with van der Waals surface area (Å²) >= 11 is 0. The van der Waals surface area contributed by atoms with Crippen molar-refractivity contribution in [3.63, 3.8) is 0 Å². The van der Waals surface area contributed by atoms with Crippen molar-refractivity contribution in [1.29, 1.82) is 0 Å². The molecule has 2 unspecified atom stereocenters. The summed E-state index contributed by atoms with van der Waals surface area (Å²) in [7, 11) is 0. The Kier molecular flexibility index (Phi) is 4.79. The Bertz CT molecular complexity index is 413. The van der Waals surface area contributed by atoms with Gasteiger partial charge in [-0.3, -0.25) is 4.90 Å². The van der Waals surface area contributed by atoms with Crippen LogP contribution in [0.25, 0.3) is 0 Å². The van der Waals surface area contributed by atoms with Crippen LogP contribution in [-0.2, 0) is 13.1 Å². The van der Waals surface area contributed by atoms with Gasteiger partial charge in [-0.15, -0.1) is 0 Å². The minimum atomic E-state index is 0.819. The molecule has 3 nitrogen and oxygen atoms in total. The molecule has 2 fully saturated rings. The Morgan fingerprint density at radius 2 is 2.10 bits per heavy atom. The Hall–Kier alpha value is -0.800. The summed E-state index contributed by atoms with van der Waals surface area (Å²) in [6.07, 6.45) is 10.4. The molecule has 0 radical (unpaired) electrons. The van der Waals surface area contributed by atoms with Crippen LogP contribution in [0.15, 0.2) is 16.7 Å². The zero-order chi connectivity index (χ0) is 13.8. The van der Waals surface area contributed by atoms with Gasteiger partial charge in [0.2, 0.25) is 0 Å². The van der Waals surface area contributed by atoms with Gasteiger partial charge in [-0.05, 0) is 50.8 Å². The van der Waals surface area contributed by atoms with Crippen LogP contribution >= 0.6 is 0 Å². The van der Waals surface area contributed by atoms with Crippen molar-refractivity contribution in [2.24, 2.45) is 5.92 Å². The molecule has 0 spiro atoms. The molecule has 3 heteroatoms. The number of piperidine rings is 1. The molecular formula is C17H28N2O. The summed E-state index contributed by atoms with van der Waals surface area (Å²) in [5.74, 6) is 2.10. The van der Waals surface area contributed by atoms with Gasteiger partial charge >= 0.3 is 0 Å². The number of rotatable bonds is 5. The van der Waals surface area contributed by atoms with E-state index >= 15 is 0 Å². The van der Waals surface area contributed by atoms with Crippen molar-refractivity contribution >= 4 is 0 Å². The summed E-state index contributed by atoms with van der Waals surface area (Å²) in [5.41, 5.74) is 1.28. The lowest BCUT2D eigenvalue weighted by molar-refractivity contribution is 0.0495. The number of nitrogens with one attached hydrogen (secondary N) is 1. The maximum Gasteiger partial charge on any atom is 0.118 e. The highest BCUT2D eigenvalue weighted by Gasteiger charge is 2.33. The van der Waals surface area contributed by atoms with Gasteiger partial charge < -0.3 is 9.73 Å². The third-order valence-electron chi connectivity index (χ3n) is 5.00. The molecule has 1 aliphatic carbocycles. The van der Waals surface area contributed by atoms with Crippen molar-refractivity contribution in [1.82, 2.24) is 10.2 Å².